The summed E-state index contributed by atoms with van der Waals surface area (Å²) in [6, 6.07) is 9.09. The number of nitrogens with zero attached hydrogens (tertiary/aromatic N) is 1. The fraction of sp³-hybridized carbons (Fsp3) is 0.400. The average Bonchev–Trinajstić information content (AvgIpc) is 2.62. The van der Waals surface area contributed by atoms with Crippen molar-refractivity contribution in [2.24, 2.45) is 5.92 Å². The molecule has 0 spiro atoms. The number of esters is 1. The molecule has 26 heavy (non-hydrogen) atoms. The normalized spacial score (nSPS) is 21.2. The number of pyridine rings is 1. The highest BCUT2D eigenvalue weighted by Gasteiger charge is 2.36. The van der Waals surface area contributed by atoms with Gasteiger partial charge in [-0.25, -0.2) is 0 Å². The van der Waals surface area contributed by atoms with Crippen LogP contribution in [0.5, 0.6) is 0 Å². The minimum atomic E-state index is -0.411. The summed E-state index contributed by atoms with van der Waals surface area (Å²) in [4.78, 5) is 16.9. The summed E-state index contributed by atoms with van der Waals surface area (Å²) in [6.45, 7) is 2.48. The second-order valence-electron chi connectivity index (χ2n) is 6.52. The van der Waals surface area contributed by atoms with E-state index < -0.39 is 6.10 Å². The Morgan fingerprint density at radius 3 is 2.96 bits per heavy atom. The number of carbonyl (C=O) groups is 1. The Kier molecular flexibility index (Phi) is 6.52. The topological polar surface area (TPSA) is 48.4 Å². The lowest BCUT2D eigenvalue weighted by Gasteiger charge is -2.32. The van der Waals surface area contributed by atoms with Gasteiger partial charge in [0.15, 0.2) is 0 Å². The lowest BCUT2D eigenvalue weighted by atomic mass is 9.89. The first-order valence-corrected chi connectivity index (χ1v) is 9.46. The SMILES string of the molecule is CC(Cc1cccnc1)OC(=O)C1CCCOC1c1ccc(Cl)cc1Cl. The number of hydrogen-bond donors (Lipinski definition) is 0. The monoisotopic (exact) mass is 393 g/mol. The zero-order valence-electron chi connectivity index (χ0n) is 14.5. The van der Waals surface area contributed by atoms with E-state index in [-0.39, 0.29) is 18.0 Å². The first-order chi connectivity index (χ1) is 12.5. The highest BCUT2D eigenvalue weighted by atomic mass is 35.5. The summed E-state index contributed by atoms with van der Waals surface area (Å²) in [5.41, 5.74) is 1.81. The molecule has 1 aromatic carbocycles. The van der Waals surface area contributed by atoms with Gasteiger partial charge >= 0.3 is 5.97 Å². The van der Waals surface area contributed by atoms with Crippen molar-refractivity contribution in [3.63, 3.8) is 0 Å². The molecule has 2 aromatic rings. The van der Waals surface area contributed by atoms with E-state index in [1.807, 2.05) is 25.1 Å². The predicted molar refractivity (Wildman–Crippen MR) is 101 cm³/mol. The lowest BCUT2D eigenvalue weighted by Crippen LogP contribution is -2.33. The van der Waals surface area contributed by atoms with Crippen molar-refractivity contribution in [3.05, 3.63) is 63.9 Å². The number of halogens is 2. The highest BCUT2D eigenvalue weighted by molar-refractivity contribution is 6.35. The maximum Gasteiger partial charge on any atom is 0.312 e. The number of hydrogen-bond acceptors (Lipinski definition) is 4. The molecule has 1 aromatic heterocycles. The van der Waals surface area contributed by atoms with E-state index in [2.05, 4.69) is 4.98 Å². The van der Waals surface area contributed by atoms with Crippen molar-refractivity contribution in [2.45, 2.75) is 38.4 Å². The van der Waals surface area contributed by atoms with Crippen LogP contribution in [-0.2, 0) is 20.7 Å². The molecule has 3 atom stereocenters. The standard InChI is InChI=1S/C20H21Cl2NO3/c1-13(10-14-4-2-8-23-12-14)26-20(24)17-5-3-9-25-19(17)16-7-6-15(21)11-18(16)22/h2,4,6-8,11-13,17,19H,3,5,9-10H2,1H3. The van der Waals surface area contributed by atoms with Crippen LogP contribution >= 0.6 is 23.2 Å². The van der Waals surface area contributed by atoms with Gasteiger partial charge in [0.25, 0.3) is 0 Å². The van der Waals surface area contributed by atoms with E-state index in [1.54, 1.807) is 24.5 Å². The Hall–Kier alpha value is -1.62. The first kappa shape index (κ1) is 19.2. The van der Waals surface area contributed by atoms with E-state index in [0.29, 0.717) is 29.5 Å². The Balaban J connectivity index is 1.69. The van der Waals surface area contributed by atoms with Gasteiger partial charge in [0, 0.05) is 41.0 Å². The Morgan fingerprint density at radius 2 is 2.23 bits per heavy atom. The molecule has 0 amide bonds. The van der Waals surface area contributed by atoms with Gasteiger partial charge in [0.2, 0.25) is 0 Å². The summed E-state index contributed by atoms with van der Waals surface area (Å²) in [5, 5.41) is 1.06. The predicted octanol–water partition coefficient (Wildman–Crippen LogP) is 5.03. The smallest absolute Gasteiger partial charge is 0.312 e. The Labute approximate surface area is 163 Å². The molecule has 138 valence electrons. The van der Waals surface area contributed by atoms with Gasteiger partial charge < -0.3 is 9.47 Å². The van der Waals surface area contributed by atoms with Gasteiger partial charge in [-0.3, -0.25) is 9.78 Å². The molecule has 3 unspecified atom stereocenters. The molecule has 3 rings (SSSR count). The van der Waals surface area contributed by atoms with Crippen molar-refractivity contribution in [3.8, 4) is 0 Å². The largest absolute Gasteiger partial charge is 0.462 e. The van der Waals surface area contributed by atoms with Crippen molar-refractivity contribution >= 4 is 29.2 Å². The van der Waals surface area contributed by atoms with Crippen LogP contribution in [0.25, 0.3) is 0 Å². The second-order valence-corrected chi connectivity index (χ2v) is 7.36. The maximum absolute atomic E-state index is 12.8. The van der Waals surface area contributed by atoms with Crippen LogP contribution in [-0.4, -0.2) is 23.7 Å². The van der Waals surface area contributed by atoms with Crippen LogP contribution in [0, 0.1) is 5.92 Å². The molecule has 1 fully saturated rings. The summed E-state index contributed by atoms with van der Waals surface area (Å²) >= 11 is 12.3. The van der Waals surface area contributed by atoms with Crippen LogP contribution in [0.15, 0.2) is 42.7 Å². The van der Waals surface area contributed by atoms with Gasteiger partial charge in [-0.15, -0.1) is 0 Å². The molecular formula is C20H21Cl2NO3. The van der Waals surface area contributed by atoms with Crippen LogP contribution < -0.4 is 0 Å². The fourth-order valence-electron chi connectivity index (χ4n) is 3.24. The van der Waals surface area contributed by atoms with Crippen molar-refractivity contribution in [2.75, 3.05) is 6.61 Å². The number of ether oxygens (including phenoxy) is 2. The second kappa shape index (κ2) is 8.85. The summed E-state index contributed by atoms with van der Waals surface area (Å²) in [7, 11) is 0. The van der Waals surface area contributed by atoms with E-state index in [0.717, 1.165) is 17.5 Å². The average molecular weight is 394 g/mol. The lowest BCUT2D eigenvalue weighted by molar-refractivity contribution is -0.163. The molecule has 1 aliphatic heterocycles. The van der Waals surface area contributed by atoms with Crippen molar-refractivity contribution < 1.29 is 14.3 Å². The minimum Gasteiger partial charge on any atom is -0.462 e. The van der Waals surface area contributed by atoms with E-state index in [1.165, 1.54) is 0 Å². The first-order valence-electron chi connectivity index (χ1n) is 8.70. The van der Waals surface area contributed by atoms with E-state index in [9.17, 15) is 4.79 Å². The van der Waals surface area contributed by atoms with Crippen molar-refractivity contribution in [1.29, 1.82) is 0 Å². The van der Waals surface area contributed by atoms with Crippen LogP contribution in [0.2, 0.25) is 10.0 Å². The zero-order valence-corrected chi connectivity index (χ0v) is 16.0. The van der Waals surface area contributed by atoms with Crippen molar-refractivity contribution in [1.82, 2.24) is 4.98 Å². The van der Waals surface area contributed by atoms with Gasteiger partial charge in [0.1, 0.15) is 6.10 Å². The molecule has 4 nitrogen and oxygen atoms in total. The van der Waals surface area contributed by atoms with Gasteiger partial charge in [-0.1, -0.05) is 35.3 Å². The van der Waals surface area contributed by atoms with Gasteiger partial charge in [0.05, 0.1) is 12.0 Å². The molecule has 6 heteroatoms. The Bertz CT molecular complexity index is 754. The third-order valence-corrected chi connectivity index (χ3v) is 5.02. The fourth-order valence-corrected chi connectivity index (χ4v) is 3.76. The molecule has 0 bridgehead atoms. The molecule has 0 N–H and O–H groups in total. The molecule has 2 heterocycles. The van der Waals surface area contributed by atoms with Gasteiger partial charge in [-0.05, 0) is 43.5 Å². The number of carbonyl (C=O) groups excluding carboxylic acids is 1. The van der Waals surface area contributed by atoms with E-state index >= 15 is 0 Å². The number of benzene rings is 1. The highest BCUT2D eigenvalue weighted by Crippen LogP contribution is 2.38. The quantitative estimate of drug-likeness (QED) is 0.668. The molecule has 1 saturated heterocycles. The summed E-state index contributed by atoms with van der Waals surface area (Å²) < 4.78 is 11.6. The van der Waals surface area contributed by atoms with Gasteiger partial charge in [-0.2, -0.15) is 0 Å². The molecular weight excluding hydrogens is 373 g/mol. The molecule has 0 radical (unpaired) electrons. The number of rotatable bonds is 5. The summed E-state index contributed by atoms with van der Waals surface area (Å²) in [6.07, 6.45) is 5.01. The minimum absolute atomic E-state index is 0.241. The maximum atomic E-state index is 12.8. The van der Waals surface area contributed by atoms with Crippen LogP contribution in [0.3, 0.4) is 0 Å². The van der Waals surface area contributed by atoms with E-state index in [4.69, 9.17) is 32.7 Å². The molecule has 0 saturated carbocycles. The van der Waals surface area contributed by atoms with Crippen LogP contribution in [0.4, 0.5) is 0 Å². The number of aromatic nitrogens is 1. The summed E-state index contributed by atoms with van der Waals surface area (Å²) in [5.74, 6) is -0.629. The molecule has 0 aliphatic carbocycles. The molecule has 1 aliphatic rings. The Morgan fingerprint density at radius 1 is 1.38 bits per heavy atom. The van der Waals surface area contributed by atoms with Crippen LogP contribution in [0.1, 0.15) is 37.0 Å². The third kappa shape index (κ3) is 4.76. The third-order valence-electron chi connectivity index (χ3n) is 4.46. The zero-order chi connectivity index (χ0) is 18.5.